The van der Waals surface area contributed by atoms with E-state index in [1.165, 1.54) is 7.11 Å². The topological polar surface area (TPSA) is 73.2 Å². The first-order valence-corrected chi connectivity index (χ1v) is 8.72. The van der Waals surface area contributed by atoms with Gasteiger partial charge in [-0.05, 0) is 29.5 Å². The molecular weight excluding hydrogens is 326 g/mol. The molecule has 6 nitrogen and oxygen atoms in total. The molecule has 24 heavy (non-hydrogen) atoms. The first-order valence-electron chi connectivity index (χ1n) is 7.49. The van der Waals surface area contributed by atoms with E-state index in [4.69, 9.17) is 4.74 Å². The molecule has 0 fully saturated rings. The molecule has 1 aromatic carbocycles. The fraction of sp³-hybridized carbons (Fsp3) is 0.353. The number of methoxy groups -OCH3 is 1. The van der Waals surface area contributed by atoms with Crippen LogP contribution >= 0.6 is 11.8 Å². The number of thioether (sulfide) groups is 1. The van der Waals surface area contributed by atoms with E-state index in [0.29, 0.717) is 0 Å². The third-order valence-corrected chi connectivity index (χ3v) is 4.32. The Morgan fingerprint density at radius 2 is 2.04 bits per heavy atom. The fourth-order valence-corrected chi connectivity index (χ4v) is 2.74. The molecule has 0 radical (unpaired) electrons. The summed E-state index contributed by atoms with van der Waals surface area (Å²) in [6, 6.07) is 7.36. The number of amides is 1. The second kappa shape index (κ2) is 8.54. The number of aryl methyl sites for hydroxylation is 1. The Labute approximate surface area is 145 Å². The molecule has 1 N–H and O–H groups in total. The van der Waals surface area contributed by atoms with Gasteiger partial charge in [-0.1, -0.05) is 12.1 Å². The number of carbonyl (C=O) groups excluding carboxylic acids is 2. The molecule has 0 aliphatic carbocycles. The maximum atomic E-state index is 12.3. The van der Waals surface area contributed by atoms with Crippen molar-refractivity contribution in [3.63, 3.8) is 0 Å². The lowest BCUT2D eigenvalue weighted by Crippen LogP contribution is -2.31. The lowest BCUT2D eigenvalue weighted by molar-refractivity contribution is -0.141. The number of aromatic nitrogens is 2. The van der Waals surface area contributed by atoms with E-state index in [1.54, 1.807) is 35.9 Å². The molecule has 0 aliphatic heterocycles. The van der Waals surface area contributed by atoms with Crippen molar-refractivity contribution < 1.29 is 14.3 Å². The Morgan fingerprint density at radius 3 is 2.58 bits per heavy atom. The van der Waals surface area contributed by atoms with Gasteiger partial charge in [0.05, 0.1) is 32.2 Å². The van der Waals surface area contributed by atoms with Crippen LogP contribution in [0.25, 0.3) is 0 Å². The Kier molecular flexibility index (Phi) is 6.43. The van der Waals surface area contributed by atoms with Crippen LogP contribution in [0.15, 0.2) is 41.6 Å². The zero-order chi connectivity index (χ0) is 17.5. The van der Waals surface area contributed by atoms with E-state index in [2.05, 4.69) is 10.4 Å². The van der Waals surface area contributed by atoms with Crippen LogP contribution in [-0.2, 0) is 27.8 Å². The summed E-state index contributed by atoms with van der Waals surface area (Å²) in [5, 5.41) is 6.96. The first kappa shape index (κ1) is 18.1. The highest BCUT2D eigenvalue weighted by Gasteiger charge is 2.19. The van der Waals surface area contributed by atoms with Gasteiger partial charge in [0.2, 0.25) is 5.91 Å². The largest absolute Gasteiger partial charge is 0.469 e. The van der Waals surface area contributed by atoms with Gasteiger partial charge >= 0.3 is 5.97 Å². The summed E-state index contributed by atoms with van der Waals surface area (Å²) in [5.74, 6) is -0.526. The van der Waals surface area contributed by atoms with E-state index in [0.717, 1.165) is 16.0 Å². The minimum atomic E-state index is -0.419. The standard InChI is InChI=1S/C17H21N3O3S/c1-20-11-12(10-18-20)8-16(21)19-15(9-17(22)23-2)13-4-6-14(24-3)7-5-13/h4-7,10-11,15H,8-9H2,1-3H3,(H,19,21). The maximum absolute atomic E-state index is 12.3. The number of carbonyl (C=O) groups is 2. The number of rotatable bonds is 7. The quantitative estimate of drug-likeness (QED) is 0.613. The van der Waals surface area contributed by atoms with Crippen molar-refractivity contribution in [2.45, 2.75) is 23.8 Å². The third kappa shape index (κ3) is 5.13. The number of nitrogens with zero attached hydrogens (tertiary/aromatic N) is 2. The van der Waals surface area contributed by atoms with Gasteiger partial charge in [0.25, 0.3) is 0 Å². The first-order chi connectivity index (χ1) is 11.5. The summed E-state index contributed by atoms with van der Waals surface area (Å²) < 4.78 is 6.39. The minimum Gasteiger partial charge on any atom is -0.469 e. The van der Waals surface area contributed by atoms with E-state index in [9.17, 15) is 9.59 Å². The van der Waals surface area contributed by atoms with Crippen LogP contribution in [0, 0.1) is 0 Å². The van der Waals surface area contributed by atoms with Crippen LogP contribution in [-0.4, -0.2) is 35.0 Å². The van der Waals surface area contributed by atoms with Crippen LogP contribution in [0.4, 0.5) is 0 Å². The van der Waals surface area contributed by atoms with Gasteiger partial charge in [0, 0.05) is 18.1 Å². The average molecular weight is 347 g/mol. The number of hydrogen-bond acceptors (Lipinski definition) is 5. The normalized spacial score (nSPS) is 11.8. The maximum Gasteiger partial charge on any atom is 0.307 e. The van der Waals surface area contributed by atoms with Gasteiger partial charge < -0.3 is 10.1 Å². The van der Waals surface area contributed by atoms with Crippen molar-refractivity contribution in [2.75, 3.05) is 13.4 Å². The van der Waals surface area contributed by atoms with E-state index in [1.807, 2.05) is 30.5 Å². The second-order valence-electron chi connectivity index (χ2n) is 5.37. The number of benzene rings is 1. The molecule has 0 spiro atoms. The molecule has 0 saturated carbocycles. The molecule has 0 saturated heterocycles. The summed E-state index contributed by atoms with van der Waals surface area (Å²) in [6.45, 7) is 0. The van der Waals surface area contributed by atoms with Crippen LogP contribution in [0.3, 0.4) is 0 Å². The third-order valence-electron chi connectivity index (χ3n) is 3.57. The number of hydrogen-bond donors (Lipinski definition) is 1. The Bertz CT molecular complexity index is 697. The lowest BCUT2D eigenvalue weighted by Gasteiger charge is -2.18. The van der Waals surface area contributed by atoms with Crippen LogP contribution in [0.5, 0.6) is 0 Å². The fourth-order valence-electron chi connectivity index (χ4n) is 2.33. The summed E-state index contributed by atoms with van der Waals surface area (Å²) in [6.07, 6.45) is 5.75. The zero-order valence-electron chi connectivity index (χ0n) is 14.0. The summed E-state index contributed by atoms with van der Waals surface area (Å²) >= 11 is 1.64. The minimum absolute atomic E-state index is 0.0912. The highest BCUT2D eigenvalue weighted by atomic mass is 32.2. The molecule has 7 heteroatoms. The second-order valence-corrected chi connectivity index (χ2v) is 6.25. The number of nitrogens with one attached hydrogen (secondary N) is 1. The SMILES string of the molecule is COC(=O)CC(NC(=O)Cc1cnn(C)c1)c1ccc(SC)cc1. The highest BCUT2D eigenvalue weighted by Crippen LogP contribution is 2.22. The molecule has 1 unspecified atom stereocenters. The zero-order valence-corrected chi connectivity index (χ0v) is 14.8. The smallest absolute Gasteiger partial charge is 0.307 e. The molecule has 1 amide bonds. The Morgan fingerprint density at radius 1 is 1.33 bits per heavy atom. The summed E-state index contributed by atoms with van der Waals surface area (Å²) in [4.78, 5) is 25.1. The van der Waals surface area contributed by atoms with E-state index < -0.39 is 6.04 Å². The van der Waals surface area contributed by atoms with Crippen LogP contribution < -0.4 is 5.32 Å². The van der Waals surface area contributed by atoms with Crippen LogP contribution in [0.1, 0.15) is 23.6 Å². The Balaban J connectivity index is 2.09. The summed E-state index contributed by atoms with van der Waals surface area (Å²) in [7, 11) is 3.14. The number of esters is 1. The molecule has 1 aromatic heterocycles. The molecule has 0 bridgehead atoms. The average Bonchev–Trinajstić information content (AvgIpc) is 2.98. The molecule has 2 aromatic rings. The summed E-state index contributed by atoms with van der Waals surface area (Å²) in [5.41, 5.74) is 1.70. The van der Waals surface area contributed by atoms with Gasteiger partial charge in [-0.25, -0.2) is 0 Å². The molecular formula is C17H21N3O3S. The molecule has 2 rings (SSSR count). The van der Waals surface area contributed by atoms with Gasteiger partial charge in [0.15, 0.2) is 0 Å². The van der Waals surface area contributed by atoms with Gasteiger partial charge in [-0.3, -0.25) is 14.3 Å². The molecule has 1 heterocycles. The van der Waals surface area contributed by atoms with Crippen molar-refractivity contribution >= 4 is 23.6 Å². The van der Waals surface area contributed by atoms with Gasteiger partial charge in [0.1, 0.15) is 0 Å². The lowest BCUT2D eigenvalue weighted by atomic mass is 10.0. The van der Waals surface area contributed by atoms with Gasteiger partial charge in [-0.15, -0.1) is 11.8 Å². The van der Waals surface area contributed by atoms with Gasteiger partial charge in [-0.2, -0.15) is 5.10 Å². The monoisotopic (exact) mass is 347 g/mol. The van der Waals surface area contributed by atoms with Crippen molar-refractivity contribution in [3.8, 4) is 0 Å². The van der Waals surface area contributed by atoms with E-state index in [-0.39, 0.29) is 24.7 Å². The molecule has 1 atom stereocenters. The number of ether oxygens (including phenoxy) is 1. The highest BCUT2D eigenvalue weighted by molar-refractivity contribution is 7.98. The molecule has 0 aliphatic rings. The molecule has 128 valence electrons. The Hall–Kier alpha value is -2.28. The van der Waals surface area contributed by atoms with Crippen molar-refractivity contribution in [3.05, 3.63) is 47.8 Å². The van der Waals surface area contributed by atoms with Crippen molar-refractivity contribution in [2.24, 2.45) is 7.05 Å². The van der Waals surface area contributed by atoms with Crippen molar-refractivity contribution in [1.82, 2.24) is 15.1 Å². The van der Waals surface area contributed by atoms with E-state index >= 15 is 0 Å². The predicted octanol–water partition coefficient (Wildman–Crippen LogP) is 2.11. The van der Waals surface area contributed by atoms with Crippen molar-refractivity contribution in [1.29, 1.82) is 0 Å². The van der Waals surface area contributed by atoms with Crippen LogP contribution in [0.2, 0.25) is 0 Å². The predicted molar refractivity (Wildman–Crippen MR) is 92.7 cm³/mol.